The van der Waals surface area contributed by atoms with E-state index in [2.05, 4.69) is 20.4 Å². The van der Waals surface area contributed by atoms with Crippen molar-refractivity contribution < 1.29 is 9.32 Å². The second-order valence-electron chi connectivity index (χ2n) is 6.28. The number of nitrogens with one attached hydrogen (secondary N) is 2. The lowest BCUT2D eigenvalue weighted by molar-refractivity contribution is -0.115. The van der Waals surface area contributed by atoms with E-state index in [-0.39, 0.29) is 5.91 Å². The standard InChI is InChI=1S/C20H18N4O2S/c1-12-8-9-15-16(10-12)22-20(21-15)27-18(14-6-4-3-5-7-14)19(25)23-17-11-13(2)26-24-17/h3-11,18H,1-2H3,(H,21,22)(H,23,24,25). The van der Waals surface area contributed by atoms with Crippen LogP contribution in [0.15, 0.2) is 64.3 Å². The minimum Gasteiger partial charge on any atom is -0.360 e. The number of carbonyl (C=O) groups is 1. The third kappa shape index (κ3) is 3.88. The molecule has 0 aliphatic carbocycles. The number of benzene rings is 2. The summed E-state index contributed by atoms with van der Waals surface area (Å²) in [4.78, 5) is 20.8. The Kier molecular flexibility index (Phi) is 4.68. The minimum atomic E-state index is -0.482. The predicted octanol–water partition coefficient (Wildman–Crippen LogP) is 4.64. The molecule has 0 spiro atoms. The van der Waals surface area contributed by atoms with Crippen molar-refractivity contribution in [3.05, 3.63) is 71.5 Å². The Hall–Kier alpha value is -3.06. The second-order valence-corrected chi connectivity index (χ2v) is 7.38. The van der Waals surface area contributed by atoms with E-state index in [4.69, 9.17) is 4.52 Å². The lowest BCUT2D eigenvalue weighted by atomic mass is 10.1. The SMILES string of the molecule is Cc1ccc2nc(SC(C(=O)Nc3cc(C)on3)c3ccccc3)[nH]c2c1. The van der Waals surface area contributed by atoms with Gasteiger partial charge < -0.3 is 14.8 Å². The molecule has 2 heterocycles. The molecule has 7 heteroatoms. The van der Waals surface area contributed by atoms with Crippen LogP contribution in [0.2, 0.25) is 0 Å². The molecular formula is C20H18N4O2S. The molecule has 1 unspecified atom stereocenters. The van der Waals surface area contributed by atoms with Crippen LogP contribution < -0.4 is 5.32 Å². The zero-order valence-electron chi connectivity index (χ0n) is 14.9. The molecule has 0 aliphatic heterocycles. The second kappa shape index (κ2) is 7.28. The van der Waals surface area contributed by atoms with Crippen LogP contribution >= 0.6 is 11.8 Å². The van der Waals surface area contributed by atoms with Gasteiger partial charge in [-0.25, -0.2) is 4.98 Å². The summed E-state index contributed by atoms with van der Waals surface area (Å²) >= 11 is 1.37. The molecule has 1 atom stereocenters. The van der Waals surface area contributed by atoms with Crippen molar-refractivity contribution in [3.63, 3.8) is 0 Å². The molecule has 6 nitrogen and oxygen atoms in total. The van der Waals surface area contributed by atoms with E-state index in [0.29, 0.717) is 16.7 Å². The summed E-state index contributed by atoms with van der Waals surface area (Å²) < 4.78 is 5.03. The molecule has 0 saturated carbocycles. The minimum absolute atomic E-state index is 0.184. The Bertz CT molecular complexity index is 1090. The average Bonchev–Trinajstić information content (AvgIpc) is 3.25. The molecule has 0 aliphatic rings. The highest BCUT2D eigenvalue weighted by Gasteiger charge is 2.24. The molecule has 0 saturated heterocycles. The normalized spacial score (nSPS) is 12.2. The monoisotopic (exact) mass is 378 g/mol. The number of hydrogen-bond donors (Lipinski definition) is 2. The molecule has 1 amide bonds. The number of nitrogens with zero attached hydrogens (tertiary/aromatic N) is 2. The first-order valence-corrected chi connectivity index (χ1v) is 9.38. The third-order valence-electron chi connectivity index (χ3n) is 4.06. The molecule has 27 heavy (non-hydrogen) atoms. The summed E-state index contributed by atoms with van der Waals surface area (Å²) in [7, 11) is 0. The van der Waals surface area contributed by atoms with E-state index in [1.165, 1.54) is 11.8 Å². The zero-order chi connectivity index (χ0) is 18.8. The molecular weight excluding hydrogens is 360 g/mol. The number of H-pyrrole nitrogens is 1. The van der Waals surface area contributed by atoms with Crippen LogP contribution in [0.1, 0.15) is 22.1 Å². The number of anilines is 1. The van der Waals surface area contributed by atoms with Gasteiger partial charge in [0.05, 0.1) is 11.0 Å². The first kappa shape index (κ1) is 17.4. The molecule has 2 N–H and O–H groups in total. The quantitative estimate of drug-likeness (QED) is 0.494. The van der Waals surface area contributed by atoms with Crippen LogP contribution in [-0.2, 0) is 4.79 Å². The van der Waals surface area contributed by atoms with Gasteiger partial charge in [0.2, 0.25) is 5.91 Å². The first-order valence-electron chi connectivity index (χ1n) is 8.50. The molecule has 0 fully saturated rings. The maximum atomic E-state index is 12.9. The number of fused-ring (bicyclic) bond motifs is 1. The Labute approximate surface area is 160 Å². The number of hydrogen-bond acceptors (Lipinski definition) is 5. The maximum Gasteiger partial charge on any atom is 0.243 e. The van der Waals surface area contributed by atoms with Crippen LogP contribution in [0, 0.1) is 13.8 Å². The fraction of sp³-hybridized carbons (Fsp3) is 0.150. The molecule has 136 valence electrons. The van der Waals surface area contributed by atoms with Crippen molar-refractivity contribution in [2.24, 2.45) is 0 Å². The van der Waals surface area contributed by atoms with Crippen molar-refractivity contribution in [1.29, 1.82) is 0 Å². The van der Waals surface area contributed by atoms with Gasteiger partial charge >= 0.3 is 0 Å². The van der Waals surface area contributed by atoms with Gasteiger partial charge in [-0.15, -0.1) is 0 Å². The molecule has 4 rings (SSSR count). The predicted molar refractivity (Wildman–Crippen MR) is 106 cm³/mol. The van der Waals surface area contributed by atoms with Crippen molar-refractivity contribution in [2.75, 3.05) is 5.32 Å². The topological polar surface area (TPSA) is 83.8 Å². The van der Waals surface area contributed by atoms with Crippen molar-refractivity contribution >= 4 is 34.5 Å². The van der Waals surface area contributed by atoms with Crippen LogP contribution in [0.3, 0.4) is 0 Å². The third-order valence-corrected chi connectivity index (χ3v) is 5.20. The summed E-state index contributed by atoms with van der Waals surface area (Å²) in [6, 6.07) is 17.3. The molecule has 4 aromatic rings. The van der Waals surface area contributed by atoms with Crippen LogP contribution in [0.25, 0.3) is 11.0 Å². The average molecular weight is 378 g/mol. The number of aromatic amines is 1. The van der Waals surface area contributed by atoms with Gasteiger partial charge in [0.25, 0.3) is 0 Å². The Balaban J connectivity index is 1.63. The van der Waals surface area contributed by atoms with E-state index < -0.39 is 5.25 Å². The lowest BCUT2D eigenvalue weighted by Crippen LogP contribution is -2.19. The van der Waals surface area contributed by atoms with Gasteiger partial charge in [0, 0.05) is 6.07 Å². The summed E-state index contributed by atoms with van der Waals surface area (Å²) in [6.45, 7) is 3.82. The number of aryl methyl sites for hydroxylation is 2. The fourth-order valence-electron chi connectivity index (χ4n) is 2.79. The number of amides is 1. The molecule has 2 aromatic heterocycles. The highest BCUT2D eigenvalue weighted by atomic mass is 32.2. The van der Waals surface area contributed by atoms with E-state index in [0.717, 1.165) is 22.2 Å². The first-order chi connectivity index (χ1) is 13.1. The van der Waals surface area contributed by atoms with Gasteiger partial charge in [0.15, 0.2) is 11.0 Å². The highest BCUT2D eigenvalue weighted by Crippen LogP contribution is 2.35. The molecule has 2 aromatic carbocycles. The van der Waals surface area contributed by atoms with E-state index in [9.17, 15) is 4.79 Å². The van der Waals surface area contributed by atoms with Crippen molar-refractivity contribution in [2.45, 2.75) is 24.3 Å². The summed E-state index contributed by atoms with van der Waals surface area (Å²) in [5, 5.41) is 6.87. The zero-order valence-corrected chi connectivity index (χ0v) is 15.7. The van der Waals surface area contributed by atoms with Crippen LogP contribution in [-0.4, -0.2) is 21.0 Å². The van der Waals surface area contributed by atoms with Gasteiger partial charge in [-0.3, -0.25) is 4.79 Å². The summed E-state index contributed by atoms with van der Waals surface area (Å²) in [6.07, 6.45) is 0. The van der Waals surface area contributed by atoms with Gasteiger partial charge in [-0.1, -0.05) is 53.3 Å². The Morgan fingerprint density at radius 1 is 1.15 bits per heavy atom. The lowest BCUT2D eigenvalue weighted by Gasteiger charge is -2.14. The van der Waals surface area contributed by atoms with E-state index in [1.54, 1.807) is 13.0 Å². The number of rotatable bonds is 5. The van der Waals surface area contributed by atoms with Crippen LogP contribution in [0.4, 0.5) is 5.82 Å². The van der Waals surface area contributed by atoms with Crippen molar-refractivity contribution in [1.82, 2.24) is 15.1 Å². The summed E-state index contributed by atoms with van der Waals surface area (Å²) in [5.41, 5.74) is 3.87. The van der Waals surface area contributed by atoms with Gasteiger partial charge in [-0.05, 0) is 37.1 Å². The fourth-order valence-corrected chi connectivity index (χ4v) is 3.79. The molecule has 0 bridgehead atoms. The Morgan fingerprint density at radius 2 is 1.96 bits per heavy atom. The van der Waals surface area contributed by atoms with E-state index in [1.807, 2.05) is 55.5 Å². The number of aromatic nitrogens is 3. The number of thioether (sulfide) groups is 1. The van der Waals surface area contributed by atoms with Crippen LogP contribution in [0.5, 0.6) is 0 Å². The maximum absolute atomic E-state index is 12.9. The van der Waals surface area contributed by atoms with Gasteiger partial charge in [0.1, 0.15) is 11.0 Å². The van der Waals surface area contributed by atoms with Crippen molar-refractivity contribution in [3.8, 4) is 0 Å². The highest BCUT2D eigenvalue weighted by molar-refractivity contribution is 8.00. The number of carbonyl (C=O) groups excluding carboxylic acids is 1. The number of imidazole rings is 1. The summed E-state index contributed by atoms with van der Waals surface area (Å²) in [5.74, 6) is 0.859. The smallest absolute Gasteiger partial charge is 0.243 e. The largest absolute Gasteiger partial charge is 0.360 e. The van der Waals surface area contributed by atoms with Gasteiger partial charge in [-0.2, -0.15) is 0 Å². The van der Waals surface area contributed by atoms with E-state index >= 15 is 0 Å². The molecule has 0 radical (unpaired) electrons. The Morgan fingerprint density at radius 3 is 2.70 bits per heavy atom.